The Morgan fingerprint density at radius 3 is 2.60 bits per heavy atom. The molecule has 2 aromatic rings. The van der Waals surface area contributed by atoms with Crippen LogP contribution in [0.4, 0.5) is 0 Å². The minimum absolute atomic E-state index is 0.0324. The molecule has 0 aliphatic carbocycles. The van der Waals surface area contributed by atoms with E-state index in [1.807, 2.05) is 30.5 Å². The normalized spacial score (nSPS) is 11.7. The van der Waals surface area contributed by atoms with Crippen LogP contribution in [0.3, 0.4) is 0 Å². The van der Waals surface area contributed by atoms with Crippen LogP contribution in [0.2, 0.25) is 0 Å². The van der Waals surface area contributed by atoms with E-state index in [9.17, 15) is 4.79 Å². The highest BCUT2D eigenvalue weighted by Gasteiger charge is 2.18. The van der Waals surface area contributed by atoms with E-state index in [4.69, 9.17) is 0 Å². The number of aryl methyl sites for hydroxylation is 1. The maximum Gasteiger partial charge on any atom is 0.169 e. The molecule has 0 saturated carbocycles. The summed E-state index contributed by atoms with van der Waals surface area (Å²) in [5, 5.41) is 2.94. The zero-order valence-corrected chi connectivity index (χ0v) is 14.6. The van der Waals surface area contributed by atoms with Gasteiger partial charge < -0.3 is 0 Å². The lowest BCUT2D eigenvalue weighted by Gasteiger charge is -2.14. The lowest BCUT2D eigenvalue weighted by atomic mass is 9.93. The van der Waals surface area contributed by atoms with Gasteiger partial charge in [-0.1, -0.05) is 48.8 Å². The summed E-state index contributed by atoms with van der Waals surface area (Å²) in [6.45, 7) is 8.40. The number of rotatable bonds is 3. The summed E-state index contributed by atoms with van der Waals surface area (Å²) in [5.41, 5.74) is 2.95. The second kappa shape index (κ2) is 5.78. The monoisotopic (exact) mass is 351 g/mol. The van der Waals surface area contributed by atoms with Crippen molar-refractivity contribution >= 4 is 33.0 Å². The number of hydrogen-bond donors (Lipinski definition) is 0. The number of thiazole rings is 1. The fourth-order valence-electron chi connectivity index (χ4n) is 1.74. The molecule has 0 N–H and O–H groups in total. The summed E-state index contributed by atoms with van der Waals surface area (Å²) in [4.78, 5) is 16.9. The van der Waals surface area contributed by atoms with Crippen LogP contribution in [-0.4, -0.2) is 10.8 Å². The average Bonchev–Trinajstić information content (AvgIpc) is 2.81. The molecule has 0 fully saturated rings. The fraction of sp³-hybridized carbons (Fsp3) is 0.375. The molecule has 0 aliphatic rings. The van der Waals surface area contributed by atoms with Crippen molar-refractivity contribution in [3.8, 4) is 0 Å². The quantitative estimate of drug-likeness (QED) is 0.733. The first-order valence-electron chi connectivity index (χ1n) is 6.51. The van der Waals surface area contributed by atoms with Crippen molar-refractivity contribution in [3.63, 3.8) is 0 Å². The lowest BCUT2D eigenvalue weighted by molar-refractivity contribution is 0.0993. The van der Waals surface area contributed by atoms with Gasteiger partial charge in [0, 0.05) is 20.8 Å². The molecule has 1 aromatic heterocycles. The molecule has 0 unspecified atom stereocenters. The van der Waals surface area contributed by atoms with Crippen LogP contribution >= 0.6 is 27.3 Å². The Hall–Kier alpha value is -1.00. The summed E-state index contributed by atoms with van der Waals surface area (Å²) in [6, 6.07) is 5.72. The van der Waals surface area contributed by atoms with Crippen molar-refractivity contribution in [2.75, 3.05) is 0 Å². The minimum Gasteiger partial charge on any atom is -0.294 e. The van der Waals surface area contributed by atoms with Crippen LogP contribution in [0.15, 0.2) is 28.1 Å². The number of hydrogen-bond acceptors (Lipinski definition) is 3. The van der Waals surface area contributed by atoms with Gasteiger partial charge in [0.25, 0.3) is 0 Å². The zero-order chi connectivity index (χ0) is 14.9. The summed E-state index contributed by atoms with van der Waals surface area (Å²) < 4.78 is 0.970. The van der Waals surface area contributed by atoms with Crippen molar-refractivity contribution in [2.45, 2.75) is 39.5 Å². The van der Waals surface area contributed by atoms with E-state index in [1.54, 1.807) is 11.3 Å². The number of aromatic nitrogens is 1. The molecule has 20 heavy (non-hydrogen) atoms. The largest absolute Gasteiger partial charge is 0.294 e. The molecule has 0 saturated heterocycles. The highest BCUT2D eigenvalue weighted by molar-refractivity contribution is 9.10. The van der Waals surface area contributed by atoms with E-state index in [0.717, 1.165) is 26.3 Å². The highest BCUT2D eigenvalue weighted by Crippen LogP contribution is 2.25. The number of Topliss-reactive ketones (excluding diaryl/α,β-unsaturated/α-hetero) is 1. The first-order valence-corrected chi connectivity index (χ1v) is 8.19. The maximum absolute atomic E-state index is 12.3. The van der Waals surface area contributed by atoms with Crippen LogP contribution in [0.25, 0.3) is 0 Å². The molecule has 1 heterocycles. The number of ketones is 1. The van der Waals surface area contributed by atoms with Crippen LogP contribution in [0, 0.1) is 6.92 Å². The number of carbonyl (C=O) groups excluding carboxylic acids is 1. The van der Waals surface area contributed by atoms with E-state index in [1.165, 1.54) is 0 Å². The molecule has 0 spiro atoms. The van der Waals surface area contributed by atoms with Crippen LogP contribution in [-0.2, 0) is 11.8 Å². The standard InChI is InChI=1S/C16H18BrNOS/c1-10-5-6-11(7-12(10)17)13(19)8-15-18-14(9-20-15)16(2,3)4/h5-7,9H,8H2,1-4H3. The van der Waals surface area contributed by atoms with E-state index in [2.05, 4.69) is 41.7 Å². The second-order valence-corrected chi connectivity index (χ2v) is 7.74. The van der Waals surface area contributed by atoms with Gasteiger partial charge in [-0.05, 0) is 18.6 Å². The third-order valence-corrected chi connectivity index (χ3v) is 4.83. The van der Waals surface area contributed by atoms with E-state index < -0.39 is 0 Å². The first kappa shape index (κ1) is 15.4. The topological polar surface area (TPSA) is 30.0 Å². The number of benzene rings is 1. The predicted octanol–water partition coefficient (Wildman–Crippen LogP) is 4.94. The summed E-state index contributed by atoms with van der Waals surface area (Å²) in [7, 11) is 0. The molecule has 106 valence electrons. The molecule has 0 aliphatic heterocycles. The van der Waals surface area contributed by atoms with E-state index in [0.29, 0.717) is 6.42 Å². The van der Waals surface area contributed by atoms with Gasteiger partial charge in [-0.2, -0.15) is 0 Å². The first-order chi connectivity index (χ1) is 9.27. The van der Waals surface area contributed by atoms with Crippen molar-refractivity contribution in [2.24, 2.45) is 0 Å². The van der Waals surface area contributed by atoms with Crippen molar-refractivity contribution in [1.82, 2.24) is 4.98 Å². The molecule has 0 atom stereocenters. The summed E-state index contributed by atoms with van der Waals surface area (Å²) >= 11 is 5.03. The molecular weight excluding hydrogens is 334 g/mol. The molecule has 2 nitrogen and oxygen atoms in total. The van der Waals surface area contributed by atoms with Gasteiger partial charge >= 0.3 is 0 Å². The SMILES string of the molecule is Cc1ccc(C(=O)Cc2nc(C(C)(C)C)cs2)cc1Br. The Morgan fingerprint density at radius 1 is 1.35 bits per heavy atom. The molecular formula is C16H18BrNOS. The Balaban J connectivity index is 2.15. The lowest BCUT2D eigenvalue weighted by Crippen LogP contribution is -2.12. The molecule has 0 bridgehead atoms. The van der Waals surface area contributed by atoms with Crippen LogP contribution in [0.1, 0.15) is 47.4 Å². The molecule has 1 aromatic carbocycles. The van der Waals surface area contributed by atoms with Gasteiger partial charge in [-0.3, -0.25) is 4.79 Å². The minimum atomic E-state index is 0.0324. The third kappa shape index (κ3) is 3.55. The number of halogens is 1. The van der Waals surface area contributed by atoms with Crippen molar-refractivity contribution < 1.29 is 4.79 Å². The van der Waals surface area contributed by atoms with Crippen LogP contribution in [0.5, 0.6) is 0 Å². The Bertz CT molecular complexity index is 640. The van der Waals surface area contributed by atoms with Gasteiger partial charge in [0.05, 0.1) is 12.1 Å². The predicted molar refractivity (Wildman–Crippen MR) is 87.7 cm³/mol. The number of carbonyl (C=O) groups is 1. The van der Waals surface area contributed by atoms with Crippen LogP contribution < -0.4 is 0 Å². The van der Waals surface area contributed by atoms with E-state index in [-0.39, 0.29) is 11.2 Å². The van der Waals surface area contributed by atoms with Gasteiger partial charge in [-0.15, -0.1) is 11.3 Å². The molecule has 0 amide bonds. The maximum atomic E-state index is 12.3. The third-order valence-electron chi connectivity index (χ3n) is 3.13. The van der Waals surface area contributed by atoms with Gasteiger partial charge in [0.1, 0.15) is 5.01 Å². The average molecular weight is 352 g/mol. The van der Waals surface area contributed by atoms with Crippen molar-refractivity contribution in [3.05, 3.63) is 49.9 Å². The smallest absolute Gasteiger partial charge is 0.169 e. The Labute approximate surface area is 132 Å². The molecule has 0 radical (unpaired) electrons. The summed E-state index contributed by atoms with van der Waals surface area (Å²) in [6.07, 6.45) is 0.371. The molecule has 2 rings (SSSR count). The fourth-order valence-corrected chi connectivity index (χ4v) is 3.14. The second-order valence-electron chi connectivity index (χ2n) is 5.94. The number of nitrogens with zero attached hydrogens (tertiary/aromatic N) is 1. The van der Waals surface area contributed by atoms with E-state index >= 15 is 0 Å². The Kier molecular flexibility index (Phi) is 4.45. The van der Waals surface area contributed by atoms with Gasteiger partial charge in [0.2, 0.25) is 0 Å². The molecule has 4 heteroatoms. The highest BCUT2D eigenvalue weighted by atomic mass is 79.9. The summed E-state index contributed by atoms with van der Waals surface area (Å²) in [5.74, 6) is 0.112. The zero-order valence-electron chi connectivity index (χ0n) is 12.2. The Morgan fingerprint density at radius 2 is 2.05 bits per heavy atom. The van der Waals surface area contributed by atoms with Crippen molar-refractivity contribution in [1.29, 1.82) is 0 Å². The van der Waals surface area contributed by atoms with Gasteiger partial charge in [0.15, 0.2) is 5.78 Å². The van der Waals surface area contributed by atoms with Gasteiger partial charge in [-0.25, -0.2) is 4.98 Å².